The Kier molecular flexibility index (Phi) is 11.4. The first kappa shape index (κ1) is 31.1. The summed E-state index contributed by atoms with van der Waals surface area (Å²) < 4.78 is 7.97. The second-order valence-corrected chi connectivity index (χ2v) is 11.2. The molecule has 3 amide bonds. The van der Waals surface area contributed by atoms with Gasteiger partial charge < -0.3 is 24.0 Å². The molecular formula is C32H40ClN5O4. The molecule has 0 fully saturated rings. The van der Waals surface area contributed by atoms with E-state index in [1.807, 2.05) is 46.0 Å². The van der Waals surface area contributed by atoms with Crippen molar-refractivity contribution in [3.8, 4) is 5.75 Å². The number of imidazole rings is 1. The van der Waals surface area contributed by atoms with Crippen molar-refractivity contribution in [3.05, 3.63) is 83.4 Å². The highest BCUT2D eigenvalue weighted by Gasteiger charge is 2.31. The number of carbonyl (C=O) groups is 3. The van der Waals surface area contributed by atoms with E-state index in [9.17, 15) is 14.4 Å². The Morgan fingerprint density at radius 1 is 1.00 bits per heavy atom. The fourth-order valence-corrected chi connectivity index (χ4v) is 5.29. The Labute approximate surface area is 253 Å². The lowest BCUT2D eigenvalue weighted by atomic mass is 10.0. The van der Waals surface area contributed by atoms with E-state index >= 15 is 0 Å². The molecule has 1 aromatic heterocycles. The van der Waals surface area contributed by atoms with E-state index in [0.29, 0.717) is 62.0 Å². The highest BCUT2D eigenvalue weighted by molar-refractivity contribution is 6.31. The van der Waals surface area contributed by atoms with Crippen LogP contribution in [0.2, 0.25) is 5.02 Å². The molecule has 10 heteroatoms. The van der Waals surface area contributed by atoms with Gasteiger partial charge in [-0.25, -0.2) is 4.98 Å². The van der Waals surface area contributed by atoms with Crippen molar-refractivity contribution >= 4 is 29.3 Å². The zero-order valence-corrected chi connectivity index (χ0v) is 25.2. The number of hydrogen-bond donors (Lipinski definition) is 0. The van der Waals surface area contributed by atoms with Gasteiger partial charge in [-0.3, -0.25) is 14.4 Å². The summed E-state index contributed by atoms with van der Waals surface area (Å²) in [4.78, 5) is 49.9. The third-order valence-corrected chi connectivity index (χ3v) is 7.88. The van der Waals surface area contributed by atoms with Crippen molar-refractivity contribution in [2.75, 3.05) is 40.3 Å². The predicted octanol–water partition coefficient (Wildman–Crippen LogP) is 4.55. The summed E-state index contributed by atoms with van der Waals surface area (Å²) in [5.41, 5.74) is 1.28. The number of fused-ring (bicyclic) bond motifs is 1. The summed E-state index contributed by atoms with van der Waals surface area (Å²) in [7, 11) is 3.43. The molecule has 4 rings (SSSR count). The Morgan fingerprint density at radius 3 is 2.48 bits per heavy atom. The first-order chi connectivity index (χ1) is 20.3. The van der Waals surface area contributed by atoms with Crippen LogP contribution >= 0.6 is 11.6 Å². The van der Waals surface area contributed by atoms with Crippen molar-refractivity contribution in [2.24, 2.45) is 0 Å². The summed E-state index contributed by atoms with van der Waals surface area (Å²) in [6.45, 7) is 2.74. The Morgan fingerprint density at radius 2 is 1.74 bits per heavy atom. The molecule has 1 atom stereocenters. The molecule has 2 aromatic carbocycles. The zero-order chi connectivity index (χ0) is 29.9. The molecular weight excluding hydrogens is 554 g/mol. The average molecular weight is 594 g/mol. The highest BCUT2D eigenvalue weighted by atomic mass is 35.5. The van der Waals surface area contributed by atoms with Crippen LogP contribution in [0.4, 0.5) is 0 Å². The highest BCUT2D eigenvalue weighted by Crippen LogP contribution is 2.26. The fraction of sp³-hybridized carbons (Fsp3) is 0.438. The van der Waals surface area contributed by atoms with Gasteiger partial charge in [0.2, 0.25) is 11.8 Å². The summed E-state index contributed by atoms with van der Waals surface area (Å²) in [5.74, 6) is 0.0566. The Hall–Kier alpha value is -3.85. The minimum atomic E-state index is -0.714. The van der Waals surface area contributed by atoms with Gasteiger partial charge in [-0.15, -0.1) is 0 Å². The molecule has 0 spiro atoms. The third-order valence-electron chi connectivity index (χ3n) is 7.64. The molecule has 42 heavy (non-hydrogen) atoms. The van der Waals surface area contributed by atoms with Crippen LogP contribution in [0.25, 0.3) is 0 Å². The Balaban J connectivity index is 1.54. The van der Waals surface area contributed by atoms with Crippen molar-refractivity contribution < 1.29 is 19.1 Å². The third kappa shape index (κ3) is 8.58. The molecule has 1 aliphatic rings. The maximum Gasteiger partial charge on any atom is 0.258 e. The summed E-state index contributed by atoms with van der Waals surface area (Å²) in [6.07, 6.45) is 9.05. The van der Waals surface area contributed by atoms with E-state index in [1.54, 1.807) is 49.7 Å². The van der Waals surface area contributed by atoms with Crippen LogP contribution < -0.4 is 4.74 Å². The Bertz CT molecular complexity index is 1320. The monoisotopic (exact) mass is 593 g/mol. The number of nitrogens with zero attached hydrogens (tertiary/aromatic N) is 5. The normalized spacial score (nSPS) is 17.9. The van der Waals surface area contributed by atoms with Gasteiger partial charge in [-0.2, -0.15) is 0 Å². The lowest BCUT2D eigenvalue weighted by molar-refractivity contribution is -0.135. The number of amides is 3. The van der Waals surface area contributed by atoms with Gasteiger partial charge >= 0.3 is 0 Å². The lowest BCUT2D eigenvalue weighted by Crippen LogP contribution is -2.49. The number of aryl methyl sites for hydroxylation is 1. The maximum absolute atomic E-state index is 13.8. The van der Waals surface area contributed by atoms with Gasteiger partial charge in [0.05, 0.1) is 18.5 Å². The van der Waals surface area contributed by atoms with E-state index in [1.165, 1.54) is 4.90 Å². The molecule has 0 N–H and O–H groups in total. The molecule has 0 bridgehead atoms. The number of carbonyl (C=O) groups excluding carboxylic acids is 3. The number of aromatic nitrogens is 2. The van der Waals surface area contributed by atoms with Crippen LogP contribution in [-0.4, -0.2) is 88.4 Å². The van der Waals surface area contributed by atoms with E-state index in [2.05, 4.69) is 4.98 Å². The van der Waals surface area contributed by atoms with Crippen LogP contribution in [-0.2, 0) is 22.6 Å². The molecule has 0 radical (unpaired) electrons. The van der Waals surface area contributed by atoms with Gasteiger partial charge in [0.25, 0.3) is 5.91 Å². The van der Waals surface area contributed by atoms with E-state index < -0.39 is 6.04 Å². The van der Waals surface area contributed by atoms with Crippen LogP contribution in [0.3, 0.4) is 0 Å². The molecule has 3 aromatic rings. The van der Waals surface area contributed by atoms with Crippen LogP contribution in [0.15, 0.2) is 67.3 Å². The number of benzene rings is 2. The number of likely N-dealkylation sites (N-methyl/N-ethyl adjacent to an activating group) is 2. The van der Waals surface area contributed by atoms with E-state index in [4.69, 9.17) is 16.3 Å². The molecule has 224 valence electrons. The largest absolute Gasteiger partial charge is 0.493 e. The van der Waals surface area contributed by atoms with E-state index in [-0.39, 0.29) is 17.7 Å². The average Bonchev–Trinajstić information content (AvgIpc) is 3.53. The van der Waals surface area contributed by atoms with E-state index in [0.717, 1.165) is 31.2 Å². The van der Waals surface area contributed by atoms with Gasteiger partial charge in [-0.05, 0) is 49.4 Å². The summed E-state index contributed by atoms with van der Waals surface area (Å²) in [6, 6.07) is 14.0. The van der Waals surface area contributed by atoms with Crippen molar-refractivity contribution in [2.45, 2.75) is 51.1 Å². The minimum Gasteiger partial charge on any atom is -0.493 e. The fourth-order valence-electron chi connectivity index (χ4n) is 5.12. The molecule has 0 saturated heterocycles. The maximum atomic E-state index is 13.8. The molecule has 0 aliphatic carbocycles. The zero-order valence-electron chi connectivity index (χ0n) is 24.5. The number of rotatable bonds is 5. The van der Waals surface area contributed by atoms with Gasteiger partial charge in [0, 0.05) is 70.5 Å². The number of ether oxygens (including phenoxy) is 1. The standard InChI is InChI=1S/C32H40ClN5O4/c1-35-16-6-7-17-38(30(39)14-19-37-20-15-34-24-37)18-8-9-21-42-29-13-12-26(33)23-27(29)31(40)36(2)28(32(35)41)22-25-10-4-3-5-11-25/h3-5,10-13,15,20,23-24,28H,6-9,14,16-19,21-22H2,1-2H3/t28-/m0/s1. The molecule has 9 nitrogen and oxygen atoms in total. The van der Waals surface area contributed by atoms with Crippen LogP contribution in [0.5, 0.6) is 5.75 Å². The number of halogens is 1. The molecule has 2 heterocycles. The molecule has 0 saturated carbocycles. The first-order valence-corrected chi connectivity index (χ1v) is 14.9. The minimum absolute atomic E-state index is 0.0992. The first-order valence-electron chi connectivity index (χ1n) is 14.6. The lowest BCUT2D eigenvalue weighted by Gasteiger charge is -2.31. The van der Waals surface area contributed by atoms with Gasteiger partial charge in [-0.1, -0.05) is 41.9 Å². The quantitative estimate of drug-likeness (QED) is 0.433. The number of hydrogen-bond acceptors (Lipinski definition) is 5. The van der Waals surface area contributed by atoms with Crippen molar-refractivity contribution in [3.63, 3.8) is 0 Å². The van der Waals surface area contributed by atoms with Gasteiger partial charge in [0.1, 0.15) is 11.8 Å². The van der Waals surface area contributed by atoms with Crippen LogP contribution in [0.1, 0.15) is 48.0 Å². The van der Waals surface area contributed by atoms with Crippen molar-refractivity contribution in [1.29, 1.82) is 0 Å². The second kappa shape index (κ2) is 15.4. The van der Waals surface area contributed by atoms with Crippen LogP contribution in [0, 0.1) is 0 Å². The van der Waals surface area contributed by atoms with Crippen molar-refractivity contribution in [1.82, 2.24) is 24.3 Å². The molecule has 0 unspecified atom stereocenters. The van der Waals surface area contributed by atoms with Gasteiger partial charge in [0.15, 0.2) is 0 Å². The predicted molar refractivity (Wildman–Crippen MR) is 163 cm³/mol. The summed E-state index contributed by atoms with van der Waals surface area (Å²) >= 11 is 6.30. The SMILES string of the molecule is CN1CCCCN(C(=O)CCn2ccnc2)CCCCOc2ccc(Cl)cc2C(=O)N(C)[C@@H](Cc2ccccc2)C1=O. The summed E-state index contributed by atoms with van der Waals surface area (Å²) in [5, 5.41) is 0.415. The topological polar surface area (TPSA) is 88.0 Å². The smallest absolute Gasteiger partial charge is 0.258 e. The second-order valence-electron chi connectivity index (χ2n) is 10.7. The molecule has 1 aliphatic heterocycles.